The molecule has 2 aliphatic rings. The number of hydrogen-bond donors (Lipinski definition) is 0. The largest absolute Gasteiger partial charge is 0.208 e. The Hall–Kier alpha value is -6.69. The first-order valence-corrected chi connectivity index (χ1v) is 20.6. The molecule has 1 heterocycles. The monoisotopic (exact) mass is 751 g/mol. The summed E-state index contributed by atoms with van der Waals surface area (Å²) in [6.07, 6.45) is 8.09. The van der Waals surface area contributed by atoms with E-state index in [1.54, 1.807) is 0 Å². The molecule has 0 spiro atoms. The van der Waals surface area contributed by atoms with Crippen molar-refractivity contribution in [2.75, 3.05) is 0 Å². The summed E-state index contributed by atoms with van der Waals surface area (Å²) in [5.41, 5.74) is 12.4. The molecule has 9 rings (SSSR count). The average molecular weight is 752 g/mol. The van der Waals surface area contributed by atoms with Crippen LogP contribution in [0.1, 0.15) is 69.1 Å². The molecule has 0 radical (unpaired) electrons. The molecule has 58 heavy (non-hydrogen) atoms. The molecule has 1 aromatic heterocycles. The van der Waals surface area contributed by atoms with Crippen molar-refractivity contribution in [1.82, 2.24) is 15.0 Å². The van der Waals surface area contributed by atoms with Gasteiger partial charge in [-0.2, -0.15) is 10.5 Å². The topological polar surface area (TPSA) is 86.2 Å². The highest BCUT2D eigenvalue weighted by atomic mass is 15.0. The van der Waals surface area contributed by atoms with Crippen LogP contribution in [0.2, 0.25) is 0 Å². The number of benzene rings is 6. The number of nitriles is 2. The van der Waals surface area contributed by atoms with E-state index in [0.29, 0.717) is 34.0 Å². The minimum atomic E-state index is 0.325. The maximum Gasteiger partial charge on any atom is 0.164 e. The van der Waals surface area contributed by atoms with Crippen molar-refractivity contribution in [3.05, 3.63) is 162 Å². The van der Waals surface area contributed by atoms with Gasteiger partial charge in [0.05, 0.1) is 23.3 Å². The van der Waals surface area contributed by atoms with E-state index in [1.807, 2.05) is 72.8 Å². The molecule has 4 atom stereocenters. The van der Waals surface area contributed by atoms with Gasteiger partial charge >= 0.3 is 0 Å². The zero-order chi connectivity index (χ0) is 39.6. The highest BCUT2D eigenvalue weighted by molar-refractivity contribution is 5.74. The highest BCUT2D eigenvalue weighted by Gasteiger charge is 2.45. The second-order valence-corrected chi connectivity index (χ2v) is 16.6. The van der Waals surface area contributed by atoms with Gasteiger partial charge in [0.25, 0.3) is 0 Å². The summed E-state index contributed by atoms with van der Waals surface area (Å²) in [7, 11) is 0. The fourth-order valence-corrected chi connectivity index (χ4v) is 9.85. The summed E-state index contributed by atoms with van der Waals surface area (Å²) < 4.78 is 0. The number of nitrogens with zero attached hydrogens (tertiary/aromatic N) is 5. The SMILES string of the molecule is CC[C@H]1C[C@H]2C[C@@H](C)CC(c3ccc(-c4ccc(-c5nc(-c6ccc(-c7ccc(C#N)cc7)cc6)nc(-c6ccc(-c7ccc(C#N)cc7)cc6)n5)cc4)cc3)(C2)C1. The van der Waals surface area contributed by atoms with Gasteiger partial charge in [0.1, 0.15) is 0 Å². The second-order valence-electron chi connectivity index (χ2n) is 16.6. The van der Waals surface area contributed by atoms with E-state index in [9.17, 15) is 10.5 Å². The Balaban J connectivity index is 1.03. The number of aromatic nitrogens is 3. The van der Waals surface area contributed by atoms with Gasteiger partial charge in [-0.25, -0.2) is 15.0 Å². The van der Waals surface area contributed by atoms with Crippen LogP contribution in [0.3, 0.4) is 0 Å². The molecule has 2 fully saturated rings. The fraction of sp³-hybridized carbons (Fsp3) is 0.226. The van der Waals surface area contributed by atoms with Crippen molar-refractivity contribution in [2.45, 2.75) is 57.8 Å². The minimum absolute atomic E-state index is 0.325. The van der Waals surface area contributed by atoms with Gasteiger partial charge in [0, 0.05) is 16.7 Å². The highest BCUT2D eigenvalue weighted by Crippen LogP contribution is 2.54. The Morgan fingerprint density at radius 1 is 0.466 bits per heavy atom. The molecule has 5 heteroatoms. The van der Waals surface area contributed by atoms with Crippen molar-refractivity contribution >= 4 is 0 Å². The minimum Gasteiger partial charge on any atom is -0.208 e. The number of hydrogen-bond acceptors (Lipinski definition) is 5. The lowest BCUT2D eigenvalue weighted by atomic mass is 9.54. The Morgan fingerprint density at radius 3 is 1.17 bits per heavy atom. The van der Waals surface area contributed by atoms with Crippen LogP contribution in [0.15, 0.2) is 146 Å². The van der Waals surface area contributed by atoms with E-state index in [-0.39, 0.29) is 0 Å². The molecule has 2 bridgehead atoms. The van der Waals surface area contributed by atoms with Gasteiger partial charge in [-0.15, -0.1) is 0 Å². The number of fused-ring (bicyclic) bond motifs is 2. The average Bonchev–Trinajstić information content (AvgIpc) is 3.28. The Kier molecular flexibility index (Phi) is 9.98. The van der Waals surface area contributed by atoms with Crippen LogP contribution in [0.25, 0.3) is 67.5 Å². The molecule has 5 nitrogen and oxygen atoms in total. The zero-order valence-electron chi connectivity index (χ0n) is 33.1. The van der Waals surface area contributed by atoms with Crippen LogP contribution in [-0.4, -0.2) is 15.0 Å². The van der Waals surface area contributed by atoms with E-state index in [2.05, 4.69) is 98.8 Å². The van der Waals surface area contributed by atoms with Crippen molar-refractivity contribution in [3.8, 4) is 79.7 Å². The Morgan fingerprint density at radius 2 is 0.810 bits per heavy atom. The summed E-state index contributed by atoms with van der Waals surface area (Å²) in [4.78, 5) is 15.1. The van der Waals surface area contributed by atoms with Gasteiger partial charge in [0.2, 0.25) is 0 Å². The predicted molar refractivity (Wildman–Crippen MR) is 233 cm³/mol. The molecule has 282 valence electrons. The molecule has 1 unspecified atom stereocenters. The Labute approximate surface area is 341 Å². The third-order valence-electron chi connectivity index (χ3n) is 12.7. The Bertz CT molecular complexity index is 2510. The molecular weight excluding hydrogens is 707 g/mol. The molecule has 0 amide bonds. The molecule has 0 saturated heterocycles. The van der Waals surface area contributed by atoms with Crippen molar-refractivity contribution < 1.29 is 0 Å². The van der Waals surface area contributed by atoms with Crippen molar-refractivity contribution in [1.29, 1.82) is 10.5 Å². The maximum absolute atomic E-state index is 9.24. The zero-order valence-corrected chi connectivity index (χ0v) is 33.1. The smallest absolute Gasteiger partial charge is 0.164 e. The number of rotatable bonds is 8. The van der Waals surface area contributed by atoms with Crippen molar-refractivity contribution in [2.24, 2.45) is 17.8 Å². The summed E-state index contributed by atoms with van der Waals surface area (Å²) in [6, 6.07) is 54.1. The van der Waals surface area contributed by atoms with Crippen LogP contribution in [0, 0.1) is 40.4 Å². The predicted octanol–water partition coefficient (Wildman–Crippen LogP) is 13.1. The van der Waals surface area contributed by atoms with Crippen LogP contribution >= 0.6 is 0 Å². The maximum atomic E-state index is 9.24. The quantitative estimate of drug-likeness (QED) is 0.154. The molecule has 0 N–H and O–H groups in total. The molecule has 0 aliphatic heterocycles. The third-order valence-corrected chi connectivity index (χ3v) is 12.7. The summed E-state index contributed by atoms with van der Waals surface area (Å²) in [5.74, 6) is 4.30. The van der Waals surface area contributed by atoms with E-state index in [4.69, 9.17) is 15.0 Å². The first-order valence-electron chi connectivity index (χ1n) is 20.6. The standard InChI is InChI=1S/C53H45N5/c1-3-36-29-39-28-35(2)30-53(31-36,32-39)49-26-24-45(25-27-49)44-16-22-48(23-17-44)52-57-50(46-18-12-42(13-19-46)40-8-4-37(33-54)5-9-40)56-51(58-52)47-20-14-43(15-21-47)41-10-6-38(34-55)7-11-41/h4-27,35-36,39H,3,28-32H2,1-2H3/t35-,36+,39-,53?/m1/s1. The van der Waals surface area contributed by atoms with E-state index in [0.717, 1.165) is 56.7 Å². The van der Waals surface area contributed by atoms with E-state index < -0.39 is 0 Å². The van der Waals surface area contributed by atoms with E-state index >= 15 is 0 Å². The van der Waals surface area contributed by atoms with E-state index in [1.165, 1.54) is 55.2 Å². The van der Waals surface area contributed by atoms with Gasteiger partial charge < -0.3 is 0 Å². The third kappa shape index (κ3) is 7.45. The van der Waals surface area contributed by atoms with Gasteiger partial charge in [0.15, 0.2) is 17.5 Å². The summed E-state index contributed by atoms with van der Waals surface area (Å²) in [5, 5.41) is 18.5. The fourth-order valence-electron chi connectivity index (χ4n) is 9.85. The van der Waals surface area contributed by atoms with Crippen LogP contribution < -0.4 is 0 Å². The first-order chi connectivity index (χ1) is 28.4. The van der Waals surface area contributed by atoms with Gasteiger partial charge in [-0.3, -0.25) is 0 Å². The van der Waals surface area contributed by atoms with Crippen LogP contribution in [0.5, 0.6) is 0 Å². The molecule has 2 aliphatic carbocycles. The molecule has 2 saturated carbocycles. The van der Waals surface area contributed by atoms with Crippen molar-refractivity contribution in [3.63, 3.8) is 0 Å². The van der Waals surface area contributed by atoms with Crippen LogP contribution in [0.4, 0.5) is 0 Å². The first kappa shape index (κ1) is 36.9. The van der Waals surface area contributed by atoms with Crippen LogP contribution in [-0.2, 0) is 5.41 Å². The van der Waals surface area contributed by atoms with Gasteiger partial charge in [-0.1, -0.05) is 142 Å². The summed E-state index contributed by atoms with van der Waals surface area (Å²) >= 11 is 0. The molecule has 6 aromatic carbocycles. The normalized spacial score (nSPS) is 19.8. The lowest BCUT2D eigenvalue weighted by Crippen LogP contribution is -2.42. The summed E-state index contributed by atoms with van der Waals surface area (Å²) in [6.45, 7) is 4.84. The lowest BCUT2D eigenvalue weighted by molar-refractivity contribution is 0.0702. The molecule has 7 aromatic rings. The lowest BCUT2D eigenvalue weighted by Gasteiger charge is -2.51. The second kappa shape index (κ2) is 15.7. The molecular formula is C53H45N5. The van der Waals surface area contributed by atoms with Gasteiger partial charge in [-0.05, 0) is 118 Å².